The topological polar surface area (TPSA) is 616 Å². The largest absolute Gasteiger partial charge is 0.387 e. The molecule has 0 saturated carbocycles. The zero-order valence-electron chi connectivity index (χ0n) is 73.8. The number of hydrogen-bond acceptors (Lipinski definition) is 35. The summed E-state index contributed by atoms with van der Waals surface area (Å²) in [6, 6.07) is 0. The summed E-state index contributed by atoms with van der Waals surface area (Å²) in [6.45, 7) is 9.44. The Morgan fingerprint density at radius 2 is 0.286 bits per heavy atom. The monoisotopic (exact) mass is 1810 g/mol. The van der Waals surface area contributed by atoms with Gasteiger partial charge in [0.1, 0.15) is 171 Å². The number of ether oxygens (including phenoxy) is 14. The van der Waals surface area contributed by atoms with Gasteiger partial charge < -0.3 is 175 Å². The molecule has 21 heterocycles. The fourth-order valence-electron chi connectivity index (χ4n) is 16.4. The van der Waals surface area contributed by atoms with Crippen LogP contribution in [0.25, 0.3) is 0 Å². The van der Waals surface area contributed by atoms with Gasteiger partial charge >= 0.3 is 0 Å². The van der Waals surface area contributed by atoms with E-state index >= 15 is 0 Å². The van der Waals surface area contributed by atoms with Gasteiger partial charge in [-0.25, -0.2) is 0 Å². The zero-order valence-corrected chi connectivity index (χ0v) is 73.8. The van der Waals surface area contributed by atoms with Crippen molar-refractivity contribution in [1.29, 1.82) is 0 Å². The van der Waals surface area contributed by atoms with Crippen molar-refractivity contribution >= 4 is 41.4 Å². The molecule has 0 aliphatic carbocycles. The van der Waals surface area contributed by atoms with Crippen molar-refractivity contribution in [2.24, 2.45) is 0 Å². The van der Waals surface area contributed by atoms with Crippen LogP contribution in [0.5, 0.6) is 0 Å². The fourth-order valence-corrected chi connectivity index (χ4v) is 16.4. The SMILES string of the molecule is CCCCCC(=O)NC[C@H]1O[C@@H]2O[C@H]3[C@@H](O)[C@@H](O)[C@@H](O[C@H]4[C@@H](O)[C@@H](O)[C@@H](O[C@H]5[C@H](O)[C@@H](O)[C@@H](O[C@H]6[C@H](O)[C@@H](O)[C@@H](O[C@H]7[C@H](O)[C@@H](O)[C@@H](O[C@H]8[C@H](O)[C@@H](O)[C@@H](O[C@H]1[C@H](O)[C@@H]2O)O[C@@H]8CNC(=O)CCCCC)O[C@@H]7CNC(=O)CCCCC)O[C@@H]6CNC(=O)CCCCC)O[C@@H]5CNC(=O)CCCCC)O[C@@H]4CNC(=O)CCCCC)O[C@@H]3CNC(=O)CCCCC. The maximum Gasteiger partial charge on any atom is 0.220 e. The number of aliphatic hydroxyl groups excluding tert-OH is 14. The van der Waals surface area contributed by atoms with Crippen LogP contribution in [0.2, 0.25) is 0 Å². The second-order valence-electron chi connectivity index (χ2n) is 34.2. The summed E-state index contributed by atoms with van der Waals surface area (Å²) in [5, 5.41) is 193. The molecule has 21 rings (SSSR count). The van der Waals surface area contributed by atoms with Gasteiger partial charge in [0, 0.05) is 90.8 Å². The molecule has 0 unspecified atom stereocenters. The molecule has 21 N–H and O–H groups in total. The summed E-state index contributed by atoms with van der Waals surface area (Å²) in [7, 11) is 0. The number of unbranched alkanes of at least 4 members (excludes halogenated alkanes) is 14. The maximum atomic E-state index is 13.6. The van der Waals surface area contributed by atoms with Crippen LogP contribution in [0.4, 0.5) is 0 Å². The third-order valence-corrected chi connectivity index (χ3v) is 24.1. The molecule has 0 aromatic carbocycles. The summed E-state index contributed by atoms with van der Waals surface area (Å²) in [4.78, 5) is 95.3. The molecule has 35 atom stereocenters. The molecule has 14 bridgehead atoms. The molecule has 0 aromatic heterocycles. The predicted molar refractivity (Wildman–Crippen MR) is 439 cm³/mol. The van der Waals surface area contributed by atoms with Crippen molar-refractivity contribution in [2.45, 2.75) is 443 Å². The van der Waals surface area contributed by atoms with Crippen LogP contribution >= 0.6 is 0 Å². The number of aliphatic hydroxyl groups is 14. The van der Waals surface area contributed by atoms with Crippen molar-refractivity contribution < 1.29 is 171 Å². The number of rotatable bonds is 42. The highest BCUT2D eigenvalue weighted by Crippen LogP contribution is 2.40. The molecule has 0 radical (unpaired) electrons. The lowest BCUT2D eigenvalue weighted by Gasteiger charge is -2.50. The molecule has 21 aliphatic rings. The lowest BCUT2D eigenvalue weighted by molar-refractivity contribution is -0.391. The summed E-state index contributed by atoms with van der Waals surface area (Å²) < 4.78 is 89.4. The van der Waals surface area contributed by atoms with Crippen LogP contribution < -0.4 is 37.2 Å². The second kappa shape index (κ2) is 54.4. The minimum atomic E-state index is -2.28. The average Bonchev–Trinajstić information content (AvgIpc) is 0.789. The minimum absolute atomic E-state index is 0.00273. The first-order chi connectivity index (χ1) is 60.4. The highest BCUT2D eigenvalue weighted by atomic mass is 16.8. The zero-order chi connectivity index (χ0) is 91.8. The molecule has 42 nitrogen and oxygen atoms in total. The summed E-state index contributed by atoms with van der Waals surface area (Å²) >= 11 is 0. The molecule has 728 valence electrons. The third-order valence-electron chi connectivity index (χ3n) is 24.1. The van der Waals surface area contributed by atoms with Crippen molar-refractivity contribution in [3.05, 3.63) is 0 Å². The van der Waals surface area contributed by atoms with E-state index in [1.165, 1.54) is 0 Å². The Kier molecular flexibility index (Phi) is 46.0. The van der Waals surface area contributed by atoms with Gasteiger partial charge in [-0.15, -0.1) is 0 Å². The first-order valence-corrected chi connectivity index (χ1v) is 46.0. The van der Waals surface area contributed by atoms with Crippen LogP contribution in [0.1, 0.15) is 228 Å². The fraction of sp³-hybridized carbons (Fsp3) is 0.917. The van der Waals surface area contributed by atoms with E-state index in [-0.39, 0.29) is 44.9 Å². The third kappa shape index (κ3) is 30.6. The van der Waals surface area contributed by atoms with Crippen molar-refractivity contribution in [3.8, 4) is 0 Å². The summed E-state index contributed by atoms with van der Waals surface area (Å²) in [6.07, 6.45) is -58.7. The molecule has 21 aliphatic heterocycles. The van der Waals surface area contributed by atoms with Gasteiger partial charge in [0.15, 0.2) is 44.0 Å². The molecular weight excluding hydrogens is 1670 g/mol. The highest BCUT2D eigenvalue weighted by molar-refractivity contribution is 5.78. The lowest BCUT2D eigenvalue weighted by Crippen LogP contribution is -2.69. The number of hydrogen-bond donors (Lipinski definition) is 21. The van der Waals surface area contributed by atoms with Crippen LogP contribution in [0.3, 0.4) is 0 Å². The standard InChI is InChI=1S/C84H147N7O35/c1-8-15-22-29-50(92)85-36-43-71-57(99)64(106)78(113-43)121-72-44(37-86-51(93)30-23-16-9-2)115-80(66(108)59(72)101)123-74-46(39-88-53(95)32-25-18-11-4)117-82(68(110)61(74)103)125-76-48(41-90-55(97)34-27-20-13-6)119-84(70(112)63(76)105)126-77-49(42-91-56(98)35-28-21-14-7)118-83(69(111)62(77)104)124-75-47(40-89-54(96)33-26-19-12-5)116-81(67(109)60(75)102)122-73-45(38-87-52(94)31-24-17-10-3)114-79(120-71)65(107)58(73)100/h43-49,57-84,99-112H,8-42H2,1-7H3,(H,85,92)(H,86,93)(H,87,94)(H,88,95)(H,89,96)(H,90,97)(H,91,98)/t43-,44-,45-,46-,47-,48-,49-,57-,58-,59-,60-,61-,62+,63+,64-,65-,66-,67-,68+,69-,70-,71-,72-,73-,74-,75-,76-,77-,78-,79-,80-,81-,82-,83-,84-/m1/s1. The molecule has 21 fully saturated rings. The Morgan fingerprint density at radius 3 is 0.389 bits per heavy atom. The summed E-state index contributed by atoms with van der Waals surface area (Å²) in [5.74, 6) is -3.66. The Morgan fingerprint density at radius 1 is 0.175 bits per heavy atom. The first-order valence-electron chi connectivity index (χ1n) is 46.0. The van der Waals surface area contributed by atoms with Gasteiger partial charge in [0.05, 0.1) is 0 Å². The Balaban J connectivity index is 1.25. The average molecular weight is 1820 g/mol. The normalized spacial score (nSPS) is 38.1. The number of carbonyl (C=O) groups excluding carboxylic acids is 7. The van der Waals surface area contributed by atoms with E-state index in [0.717, 1.165) is 44.9 Å². The van der Waals surface area contributed by atoms with E-state index < -0.39 is 302 Å². The van der Waals surface area contributed by atoms with E-state index in [4.69, 9.17) is 66.3 Å². The number of amides is 7. The molecular formula is C84H147N7O35. The van der Waals surface area contributed by atoms with Gasteiger partial charge in [-0.1, -0.05) is 138 Å². The highest BCUT2D eigenvalue weighted by Gasteiger charge is 2.60. The smallest absolute Gasteiger partial charge is 0.220 e. The number of nitrogens with one attached hydrogen (secondary N) is 7. The molecule has 0 spiro atoms. The molecule has 21 saturated heterocycles. The maximum absolute atomic E-state index is 13.6. The van der Waals surface area contributed by atoms with Crippen LogP contribution in [-0.4, -0.2) is 374 Å². The lowest BCUT2D eigenvalue weighted by atomic mass is 9.94. The van der Waals surface area contributed by atoms with E-state index in [1.807, 2.05) is 48.5 Å². The molecule has 42 heteroatoms. The van der Waals surface area contributed by atoms with Gasteiger partial charge in [0.25, 0.3) is 0 Å². The van der Waals surface area contributed by atoms with Gasteiger partial charge in [0.2, 0.25) is 41.4 Å². The number of carbonyl (C=O) groups is 7. The predicted octanol–water partition coefficient (Wildman–Crippen LogP) is -3.30. The molecule has 0 aromatic rings. The van der Waals surface area contributed by atoms with Crippen LogP contribution in [0.15, 0.2) is 0 Å². The van der Waals surface area contributed by atoms with Gasteiger partial charge in [-0.3, -0.25) is 33.6 Å². The minimum Gasteiger partial charge on any atom is -0.387 e. The van der Waals surface area contributed by atoms with Gasteiger partial charge in [-0.2, -0.15) is 0 Å². The Labute approximate surface area is 736 Å². The van der Waals surface area contributed by atoms with Gasteiger partial charge in [-0.05, 0) is 44.9 Å². The van der Waals surface area contributed by atoms with Crippen LogP contribution in [-0.2, 0) is 99.9 Å². The van der Waals surface area contributed by atoms with Crippen LogP contribution in [0, 0.1) is 0 Å². The first kappa shape index (κ1) is 107. The van der Waals surface area contributed by atoms with Crippen molar-refractivity contribution in [1.82, 2.24) is 37.2 Å². The Bertz CT molecular complexity index is 2660. The van der Waals surface area contributed by atoms with E-state index in [9.17, 15) is 105 Å². The van der Waals surface area contributed by atoms with E-state index in [1.54, 1.807) is 0 Å². The molecule has 7 amide bonds. The van der Waals surface area contributed by atoms with Crippen molar-refractivity contribution in [3.63, 3.8) is 0 Å². The van der Waals surface area contributed by atoms with E-state index in [2.05, 4.69) is 37.2 Å². The Hall–Kier alpha value is -4.83. The summed E-state index contributed by atoms with van der Waals surface area (Å²) in [5.41, 5.74) is 0. The van der Waals surface area contributed by atoms with Crippen molar-refractivity contribution in [2.75, 3.05) is 45.8 Å². The quantitative estimate of drug-likeness (QED) is 0.0266. The van der Waals surface area contributed by atoms with E-state index in [0.29, 0.717) is 89.9 Å². The molecule has 126 heavy (non-hydrogen) atoms. The second-order valence-corrected chi connectivity index (χ2v) is 34.2.